The van der Waals surface area contributed by atoms with Crippen molar-refractivity contribution in [1.29, 1.82) is 0 Å². The van der Waals surface area contributed by atoms with Gasteiger partial charge in [0.2, 0.25) is 0 Å². The Bertz CT molecular complexity index is 421. The number of carbonyl (C=O) groups is 2. The van der Waals surface area contributed by atoms with Gasteiger partial charge in [-0.15, -0.1) is 0 Å². The number of carboxylic acids is 2. The number of rotatable bonds is 4. The quantitative estimate of drug-likeness (QED) is 0.819. The molecule has 0 heterocycles. The van der Waals surface area contributed by atoms with Crippen molar-refractivity contribution in [3.63, 3.8) is 0 Å². The van der Waals surface area contributed by atoms with Crippen LogP contribution in [0.1, 0.15) is 40.1 Å². The zero-order chi connectivity index (χ0) is 12.3. The van der Waals surface area contributed by atoms with Crippen LogP contribution in [0, 0.1) is 5.92 Å². The van der Waals surface area contributed by atoms with Gasteiger partial charge in [-0.25, -0.2) is 9.59 Å². The van der Waals surface area contributed by atoms with Gasteiger partial charge in [0, 0.05) is 0 Å². The summed E-state index contributed by atoms with van der Waals surface area (Å²) >= 11 is 0. The first-order valence-electron chi connectivity index (χ1n) is 5.01. The van der Waals surface area contributed by atoms with Crippen LogP contribution in [0.25, 0.3) is 0 Å². The summed E-state index contributed by atoms with van der Waals surface area (Å²) in [6.07, 6.45) is 0.736. The smallest absolute Gasteiger partial charge is 0.336 e. The van der Waals surface area contributed by atoms with Crippen LogP contribution in [0.3, 0.4) is 0 Å². The van der Waals surface area contributed by atoms with Gasteiger partial charge in [0.15, 0.2) is 0 Å². The molecule has 0 spiro atoms. The zero-order valence-electron chi connectivity index (χ0n) is 9.23. The summed E-state index contributed by atoms with van der Waals surface area (Å²) in [4.78, 5) is 21.7. The SMILES string of the molecule is CC(C)Cc1ccc(C(=O)O)c(C(=O)O)c1. The Labute approximate surface area is 93.5 Å². The van der Waals surface area contributed by atoms with E-state index in [9.17, 15) is 9.59 Å². The minimum Gasteiger partial charge on any atom is -0.478 e. The van der Waals surface area contributed by atoms with Gasteiger partial charge in [-0.1, -0.05) is 19.9 Å². The first-order valence-corrected chi connectivity index (χ1v) is 5.01. The summed E-state index contributed by atoms with van der Waals surface area (Å²) in [5, 5.41) is 17.7. The highest BCUT2D eigenvalue weighted by molar-refractivity contribution is 6.01. The molecule has 0 bridgehead atoms. The molecule has 2 N–H and O–H groups in total. The fourth-order valence-electron chi connectivity index (χ4n) is 1.55. The van der Waals surface area contributed by atoms with E-state index in [1.54, 1.807) is 6.07 Å². The molecule has 0 aromatic heterocycles. The predicted octanol–water partition coefficient (Wildman–Crippen LogP) is 2.28. The highest BCUT2D eigenvalue weighted by Gasteiger charge is 2.16. The number of hydrogen-bond donors (Lipinski definition) is 2. The molecule has 16 heavy (non-hydrogen) atoms. The van der Waals surface area contributed by atoms with E-state index in [0.717, 1.165) is 12.0 Å². The molecule has 0 atom stereocenters. The highest BCUT2D eigenvalue weighted by Crippen LogP contribution is 2.15. The maximum Gasteiger partial charge on any atom is 0.336 e. The maximum atomic E-state index is 10.9. The summed E-state index contributed by atoms with van der Waals surface area (Å²) in [5.41, 5.74) is 0.531. The third-order valence-electron chi connectivity index (χ3n) is 2.19. The summed E-state index contributed by atoms with van der Waals surface area (Å²) in [6.45, 7) is 4.04. The van der Waals surface area contributed by atoms with Gasteiger partial charge in [0.1, 0.15) is 0 Å². The van der Waals surface area contributed by atoms with Gasteiger partial charge in [-0.2, -0.15) is 0 Å². The molecular formula is C12H14O4. The van der Waals surface area contributed by atoms with Gasteiger partial charge in [0.05, 0.1) is 11.1 Å². The van der Waals surface area contributed by atoms with Crippen LogP contribution in [0.15, 0.2) is 18.2 Å². The monoisotopic (exact) mass is 222 g/mol. The molecule has 0 radical (unpaired) electrons. The van der Waals surface area contributed by atoms with Crippen LogP contribution >= 0.6 is 0 Å². The van der Waals surface area contributed by atoms with E-state index in [1.807, 2.05) is 13.8 Å². The molecule has 1 aromatic carbocycles. The number of hydrogen-bond acceptors (Lipinski definition) is 2. The molecule has 86 valence electrons. The van der Waals surface area contributed by atoms with Crippen molar-refractivity contribution in [2.45, 2.75) is 20.3 Å². The average molecular weight is 222 g/mol. The third kappa shape index (κ3) is 2.82. The first-order chi connectivity index (χ1) is 7.41. The summed E-state index contributed by atoms with van der Waals surface area (Å²) in [6, 6.07) is 4.45. The predicted molar refractivity (Wildman–Crippen MR) is 58.9 cm³/mol. The van der Waals surface area contributed by atoms with Gasteiger partial charge < -0.3 is 10.2 Å². The van der Waals surface area contributed by atoms with Crippen LogP contribution in [-0.2, 0) is 6.42 Å². The molecular weight excluding hydrogens is 208 g/mol. The Kier molecular flexibility index (Phi) is 3.66. The van der Waals surface area contributed by atoms with E-state index >= 15 is 0 Å². The third-order valence-corrected chi connectivity index (χ3v) is 2.19. The molecule has 1 aromatic rings. The molecule has 0 unspecified atom stereocenters. The van der Waals surface area contributed by atoms with Gasteiger partial charge >= 0.3 is 11.9 Å². The van der Waals surface area contributed by atoms with Crippen molar-refractivity contribution >= 4 is 11.9 Å². The Morgan fingerprint density at radius 3 is 2.12 bits per heavy atom. The Balaban J connectivity index is 3.17. The minimum absolute atomic E-state index is 0.148. The number of carboxylic acid groups (broad SMARTS) is 2. The van der Waals surface area contributed by atoms with Crippen LogP contribution in [0.4, 0.5) is 0 Å². The molecule has 0 amide bonds. The van der Waals surface area contributed by atoms with Gasteiger partial charge in [0.25, 0.3) is 0 Å². The second-order valence-electron chi connectivity index (χ2n) is 4.09. The van der Waals surface area contributed by atoms with Crippen LogP contribution in [-0.4, -0.2) is 22.2 Å². The van der Waals surface area contributed by atoms with E-state index in [1.165, 1.54) is 12.1 Å². The fourth-order valence-corrected chi connectivity index (χ4v) is 1.55. The van der Waals surface area contributed by atoms with Crippen molar-refractivity contribution in [1.82, 2.24) is 0 Å². The largest absolute Gasteiger partial charge is 0.478 e. The first kappa shape index (κ1) is 12.2. The second kappa shape index (κ2) is 4.79. The standard InChI is InChI=1S/C12H14O4/c1-7(2)5-8-3-4-9(11(13)14)10(6-8)12(15)16/h3-4,6-7H,5H2,1-2H3,(H,13,14)(H,15,16). The Morgan fingerprint density at radius 1 is 1.12 bits per heavy atom. The van der Waals surface area contributed by atoms with E-state index in [0.29, 0.717) is 5.92 Å². The molecule has 0 aliphatic heterocycles. The van der Waals surface area contributed by atoms with Crippen LogP contribution in [0.5, 0.6) is 0 Å². The van der Waals surface area contributed by atoms with E-state index in [2.05, 4.69) is 0 Å². The zero-order valence-corrected chi connectivity index (χ0v) is 9.23. The van der Waals surface area contributed by atoms with Crippen molar-refractivity contribution in [3.05, 3.63) is 34.9 Å². The summed E-state index contributed by atoms with van der Waals surface area (Å²) < 4.78 is 0. The normalized spacial score (nSPS) is 10.4. The fraction of sp³-hybridized carbons (Fsp3) is 0.333. The maximum absolute atomic E-state index is 10.9. The number of aromatic carboxylic acids is 2. The molecule has 4 heteroatoms. The highest BCUT2D eigenvalue weighted by atomic mass is 16.4. The molecule has 0 fully saturated rings. The lowest BCUT2D eigenvalue weighted by atomic mass is 9.98. The lowest BCUT2D eigenvalue weighted by Gasteiger charge is -2.07. The van der Waals surface area contributed by atoms with E-state index in [-0.39, 0.29) is 11.1 Å². The molecule has 4 nitrogen and oxygen atoms in total. The summed E-state index contributed by atoms with van der Waals surface area (Å²) in [7, 11) is 0. The van der Waals surface area contributed by atoms with Crippen molar-refractivity contribution < 1.29 is 19.8 Å². The summed E-state index contributed by atoms with van der Waals surface area (Å²) in [5.74, 6) is -2.02. The average Bonchev–Trinajstić information content (AvgIpc) is 2.16. The minimum atomic E-state index is -1.21. The van der Waals surface area contributed by atoms with Gasteiger partial charge in [-0.05, 0) is 30.0 Å². The van der Waals surface area contributed by atoms with Crippen molar-refractivity contribution in [2.75, 3.05) is 0 Å². The van der Waals surface area contributed by atoms with E-state index < -0.39 is 11.9 Å². The molecule has 0 aliphatic rings. The van der Waals surface area contributed by atoms with E-state index in [4.69, 9.17) is 10.2 Å². The number of benzene rings is 1. The lowest BCUT2D eigenvalue weighted by molar-refractivity contribution is 0.0651. The molecule has 1 rings (SSSR count). The Morgan fingerprint density at radius 2 is 1.69 bits per heavy atom. The van der Waals surface area contributed by atoms with Crippen LogP contribution < -0.4 is 0 Å². The van der Waals surface area contributed by atoms with Gasteiger partial charge in [-0.3, -0.25) is 0 Å². The van der Waals surface area contributed by atoms with Crippen molar-refractivity contribution in [3.8, 4) is 0 Å². The topological polar surface area (TPSA) is 74.6 Å². The molecule has 0 saturated carbocycles. The molecule has 0 aliphatic carbocycles. The second-order valence-corrected chi connectivity index (χ2v) is 4.09. The Hall–Kier alpha value is -1.84. The molecule has 0 saturated heterocycles. The van der Waals surface area contributed by atoms with Crippen LogP contribution in [0.2, 0.25) is 0 Å². The van der Waals surface area contributed by atoms with Crippen molar-refractivity contribution in [2.24, 2.45) is 5.92 Å². The lowest BCUT2D eigenvalue weighted by Crippen LogP contribution is -2.09.